The smallest absolute Gasteiger partial charge is 0.231 e. The molecule has 1 atom stereocenters. The molecular weight excluding hydrogens is 284 g/mol. The maximum absolute atomic E-state index is 12.3. The molecule has 2 N–H and O–H groups in total. The summed E-state index contributed by atoms with van der Waals surface area (Å²) in [4.78, 5) is 12.3. The van der Waals surface area contributed by atoms with Crippen LogP contribution in [0.5, 0.6) is 11.5 Å². The van der Waals surface area contributed by atoms with E-state index in [-0.39, 0.29) is 18.6 Å². The molecule has 7 heteroatoms. The Hall–Kier alpha value is -2.57. The number of aromatic nitrogens is 3. The number of ether oxygens (including phenoxy) is 2. The first-order chi connectivity index (χ1) is 10.8. The molecule has 1 aromatic heterocycles. The highest BCUT2D eigenvalue weighted by Gasteiger charge is 2.27. The molecule has 114 valence electrons. The molecule has 1 aliphatic carbocycles. The second-order valence-electron chi connectivity index (χ2n) is 5.56. The van der Waals surface area contributed by atoms with E-state index in [0.29, 0.717) is 13.0 Å². The molecule has 0 saturated carbocycles. The van der Waals surface area contributed by atoms with Gasteiger partial charge in [0.2, 0.25) is 12.7 Å². The van der Waals surface area contributed by atoms with Gasteiger partial charge < -0.3 is 14.8 Å². The van der Waals surface area contributed by atoms with Gasteiger partial charge in [0.15, 0.2) is 11.5 Å². The molecule has 1 unspecified atom stereocenters. The van der Waals surface area contributed by atoms with Crippen LogP contribution in [-0.2, 0) is 24.2 Å². The molecule has 0 saturated heterocycles. The molecule has 22 heavy (non-hydrogen) atoms. The Labute approximate surface area is 127 Å². The van der Waals surface area contributed by atoms with Crippen LogP contribution in [0.3, 0.4) is 0 Å². The Morgan fingerprint density at radius 2 is 2.14 bits per heavy atom. The first-order valence-electron chi connectivity index (χ1n) is 7.34. The number of nitrogens with one attached hydrogen (secondary N) is 2. The van der Waals surface area contributed by atoms with E-state index in [1.165, 1.54) is 0 Å². The summed E-state index contributed by atoms with van der Waals surface area (Å²) in [6.45, 7) is 0.741. The summed E-state index contributed by atoms with van der Waals surface area (Å²) < 4.78 is 10.6. The lowest BCUT2D eigenvalue weighted by atomic mass is 9.89. The summed E-state index contributed by atoms with van der Waals surface area (Å²) in [5, 5.41) is 13.8. The van der Waals surface area contributed by atoms with E-state index in [0.717, 1.165) is 41.3 Å². The topological polar surface area (TPSA) is 89.1 Å². The number of rotatable bonds is 3. The van der Waals surface area contributed by atoms with Crippen molar-refractivity contribution in [3.05, 3.63) is 35.2 Å². The highest BCUT2D eigenvalue weighted by Crippen LogP contribution is 2.32. The molecule has 2 heterocycles. The van der Waals surface area contributed by atoms with E-state index < -0.39 is 0 Å². The van der Waals surface area contributed by atoms with Crippen molar-refractivity contribution in [2.24, 2.45) is 5.92 Å². The van der Waals surface area contributed by atoms with Crippen LogP contribution in [0.1, 0.15) is 23.4 Å². The molecule has 2 aromatic rings. The van der Waals surface area contributed by atoms with E-state index in [2.05, 4.69) is 20.7 Å². The van der Waals surface area contributed by atoms with Crippen LogP contribution in [-0.4, -0.2) is 28.1 Å². The average molecular weight is 300 g/mol. The van der Waals surface area contributed by atoms with Crippen LogP contribution in [0.4, 0.5) is 0 Å². The number of hydrogen-bond donors (Lipinski definition) is 2. The van der Waals surface area contributed by atoms with Gasteiger partial charge >= 0.3 is 0 Å². The molecule has 0 spiro atoms. The quantitative estimate of drug-likeness (QED) is 0.881. The van der Waals surface area contributed by atoms with Crippen molar-refractivity contribution in [3.63, 3.8) is 0 Å². The summed E-state index contributed by atoms with van der Waals surface area (Å²) in [6, 6.07) is 5.70. The third-order valence-electron chi connectivity index (χ3n) is 4.15. The lowest BCUT2D eigenvalue weighted by Crippen LogP contribution is -2.33. The average Bonchev–Trinajstić information content (AvgIpc) is 3.19. The number of aromatic amines is 1. The van der Waals surface area contributed by atoms with Crippen LogP contribution >= 0.6 is 0 Å². The maximum Gasteiger partial charge on any atom is 0.231 e. The zero-order valence-corrected chi connectivity index (χ0v) is 12.0. The van der Waals surface area contributed by atoms with E-state index in [4.69, 9.17) is 9.47 Å². The standard InChI is InChI=1S/C15H16N4O3/c20-15(10-2-3-11-12(6-10)18-19-17-11)16-7-9-1-4-13-14(5-9)22-8-21-13/h1,4-5,10H,2-3,6-8H2,(H,16,20)(H,17,18,19). The summed E-state index contributed by atoms with van der Waals surface area (Å²) in [6.07, 6.45) is 2.26. The van der Waals surface area contributed by atoms with Gasteiger partial charge in [-0.1, -0.05) is 6.07 Å². The molecule has 1 aromatic carbocycles. The zero-order chi connectivity index (χ0) is 14.9. The van der Waals surface area contributed by atoms with Gasteiger partial charge in [-0.25, -0.2) is 0 Å². The highest BCUT2D eigenvalue weighted by molar-refractivity contribution is 5.79. The van der Waals surface area contributed by atoms with Gasteiger partial charge in [-0.15, -0.1) is 0 Å². The van der Waals surface area contributed by atoms with Crippen LogP contribution in [0.2, 0.25) is 0 Å². The van der Waals surface area contributed by atoms with Crippen molar-refractivity contribution in [1.29, 1.82) is 0 Å². The van der Waals surface area contributed by atoms with Gasteiger partial charge in [0, 0.05) is 18.9 Å². The van der Waals surface area contributed by atoms with Crippen molar-refractivity contribution < 1.29 is 14.3 Å². The molecule has 1 amide bonds. The summed E-state index contributed by atoms with van der Waals surface area (Å²) >= 11 is 0. The maximum atomic E-state index is 12.3. The minimum absolute atomic E-state index is 0.0355. The number of nitrogens with zero attached hydrogens (tertiary/aromatic N) is 2. The van der Waals surface area contributed by atoms with Crippen molar-refractivity contribution in [2.45, 2.75) is 25.8 Å². The minimum atomic E-state index is -0.0355. The molecule has 7 nitrogen and oxygen atoms in total. The molecule has 1 aliphatic heterocycles. The fourth-order valence-electron chi connectivity index (χ4n) is 2.89. The fourth-order valence-corrected chi connectivity index (χ4v) is 2.89. The van der Waals surface area contributed by atoms with Gasteiger partial charge in [0.1, 0.15) is 0 Å². The fraction of sp³-hybridized carbons (Fsp3) is 0.400. The Balaban J connectivity index is 1.37. The van der Waals surface area contributed by atoms with Gasteiger partial charge in [-0.05, 0) is 30.5 Å². The van der Waals surface area contributed by atoms with Gasteiger partial charge in [0.05, 0.1) is 11.4 Å². The molecule has 2 aliphatic rings. The third-order valence-corrected chi connectivity index (χ3v) is 4.15. The van der Waals surface area contributed by atoms with E-state index in [9.17, 15) is 4.79 Å². The van der Waals surface area contributed by atoms with Gasteiger partial charge in [-0.3, -0.25) is 4.79 Å². The van der Waals surface area contributed by atoms with Gasteiger partial charge in [0.25, 0.3) is 0 Å². The molecule has 4 rings (SSSR count). The number of hydrogen-bond acceptors (Lipinski definition) is 5. The summed E-state index contributed by atoms with van der Waals surface area (Å²) in [5.74, 6) is 1.51. The first kappa shape index (κ1) is 13.1. The number of benzene rings is 1. The Morgan fingerprint density at radius 1 is 1.27 bits per heavy atom. The van der Waals surface area contributed by atoms with Crippen molar-refractivity contribution in [2.75, 3.05) is 6.79 Å². The molecular formula is C15H16N4O3. The van der Waals surface area contributed by atoms with Crippen LogP contribution in [0.15, 0.2) is 18.2 Å². The van der Waals surface area contributed by atoms with E-state index in [1.54, 1.807) is 0 Å². The van der Waals surface area contributed by atoms with Gasteiger partial charge in [-0.2, -0.15) is 15.4 Å². The Morgan fingerprint density at radius 3 is 3.09 bits per heavy atom. The zero-order valence-electron chi connectivity index (χ0n) is 12.0. The molecule has 0 radical (unpaired) electrons. The number of fused-ring (bicyclic) bond motifs is 2. The second kappa shape index (κ2) is 5.32. The summed E-state index contributed by atoms with van der Waals surface area (Å²) in [5.41, 5.74) is 2.89. The minimum Gasteiger partial charge on any atom is -0.454 e. The largest absolute Gasteiger partial charge is 0.454 e. The number of amides is 1. The van der Waals surface area contributed by atoms with Crippen LogP contribution in [0.25, 0.3) is 0 Å². The summed E-state index contributed by atoms with van der Waals surface area (Å²) in [7, 11) is 0. The monoisotopic (exact) mass is 300 g/mol. The van der Waals surface area contributed by atoms with Crippen LogP contribution < -0.4 is 14.8 Å². The third kappa shape index (κ3) is 2.38. The molecule has 0 bridgehead atoms. The number of carbonyl (C=O) groups is 1. The number of carbonyl (C=O) groups excluding carboxylic acids is 1. The SMILES string of the molecule is O=C(NCc1ccc2c(c1)OCO2)C1CCc2n[nH]nc2C1. The number of H-pyrrole nitrogens is 1. The lowest BCUT2D eigenvalue weighted by molar-refractivity contribution is -0.125. The van der Waals surface area contributed by atoms with E-state index in [1.807, 2.05) is 18.2 Å². The predicted octanol–water partition coefficient (Wildman–Crippen LogP) is 0.955. The first-order valence-corrected chi connectivity index (χ1v) is 7.34. The predicted molar refractivity (Wildman–Crippen MR) is 76.3 cm³/mol. The Kier molecular flexibility index (Phi) is 3.17. The van der Waals surface area contributed by atoms with Crippen molar-refractivity contribution in [1.82, 2.24) is 20.7 Å². The number of aryl methyl sites for hydroxylation is 1. The Bertz CT molecular complexity index is 713. The normalized spacial score (nSPS) is 18.8. The van der Waals surface area contributed by atoms with Crippen molar-refractivity contribution in [3.8, 4) is 11.5 Å². The van der Waals surface area contributed by atoms with E-state index >= 15 is 0 Å². The highest BCUT2D eigenvalue weighted by atomic mass is 16.7. The second-order valence-corrected chi connectivity index (χ2v) is 5.56. The molecule has 0 fully saturated rings. The lowest BCUT2D eigenvalue weighted by Gasteiger charge is -2.19. The van der Waals surface area contributed by atoms with Crippen molar-refractivity contribution >= 4 is 5.91 Å². The van der Waals surface area contributed by atoms with Crippen LogP contribution in [0, 0.1) is 5.92 Å².